The van der Waals surface area contributed by atoms with Gasteiger partial charge < -0.3 is 19.9 Å². The van der Waals surface area contributed by atoms with Gasteiger partial charge in [-0.2, -0.15) is 0 Å². The van der Waals surface area contributed by atoms with E-state index in [0.717, 1.165) is 25.8 Å². The van der Waals surface area contributed by atoms with Crippen molar-refractivity contribution in [2.45, 2.75) is 25.3 Å². The first-order chi connectivity index (χ1) is 12.5. The maximum atomic E-state index is 11.9. The third-order valence-corrected chi connectivity index (χ3v) is 5.03. The summed E-state index contributed by atoms with van der Waals surface area (Å²) in [5.74, 6) is 0. The van der Waals surface area contributed by atoms with Crippen molar-refractivity contribution < 1.29 is 10.0 Å². The van der Waals surface area contributed by atoms with Gasteiger partial charge in [-0.3, -0.25) is 14.9 Å². The topological polar surface area (TPSA) is 116 Å². The van der Waals surface area contributed by atoms with Crippen LogP contribution in [0.15, 0.2) is 23.3 Å². The molecular formula is C17H23N5O4. The fourth-order valence-electron chi connectivity index (χ4n) is 3.54. The van der Waals surface area contributed by atoms with Crippen LogP contribution in [0.3, 0.4) is 0 Å². The van der Waals surface area contributed by atoms with Crippen LogP contribution in [0.5, 0.6) is 0 Å². The fourth-order valence-corrected chi connectivity index (χ4v) is 3.54. The Hall–Kier alpha value is -2.52. The second-order valence-corrected chi connectivity index (χ2v) is 6.62. The third kappa shape index (κ3) is 3.68. The molecule has 1 aliphatic heterocycles. The maximum Gasteiger partial charge on any atom is 0.293 e. The molecule has 0 unspecified atom stereocenters. The van der Waals surface area contributed by atoms with Crippen LogP contribution in [0.1, 0.15) is 19.3 Å². The van der Waals surface area contributed by atoms with Crippen molar-refractivity contribution in [1.82, 2.24) is 14.9 Å². The first kappa shape index (κ1) is 18.3. The lowest BCUT2D eigenvalue weighted by Crippen LogP contribution is -2.44. The number of nitro groups is 1. The summed E-state index contributed by atoms with van der Waals surface area (Å²) in [6, 6.07) is 3.35. The van der Waals surface area contributed by atoms with E-state index in [1.165, 1.54) is 12.4 Å². The highest BCUT2D eigenvalue weighted by Gasteiger charge is 2.27. The molecule has 2 heterocycles. The Labute approximate surface area is 150 Å². The van der Waals surface area contributed by atoms with Crippen LogP contribution >= 0.6 is 0 Å². The minimum Gasteiger partial charge on any atom is -0.396 e. The summed E-state index contributed by atoms with van der Waals surface area (Å²) in [4.78, 5) is 33.8. The van der Waals surface area contributed by atoms with E-state index < -0.39 is 4.92 Å². The zero-order valence-corrected chi connectivity index (χ0v) is 14.7. The molecule has 2 N–H and O–H groups in total. The molecule has 0 spiro atoms. The Morgan fingerprint density at radius 2 is 2.15 bits per heavy atom. The molecule has 0 aliphatic carbocycles. The van der Waals surface area contributed by atoms with Crippen LogP contribution < -0.4 is 10.5 Å². The molecule has 1 aliphatic rings. The van der Waals surface area contributed by atoms with Crippen molar-refractivity contribution in [3.05, 3.63) is 38.9 Å². The summed E-state index contributed by atoms with van der Waals surface area (Å²) >= 11 is 0. The van der Waals surface area contributed by atoms with Crippen LogP contribution in [0.4, 0.5) is 11.4 Å². The van der Waals surface area contributed by atoms with Gasteiger partial charge >= 0.3 is 0 Å². The quantitative estimate of drug-likeness (QED) is 0.585. The number of piperidine rings is 1. The van der Waals surface area contributed by atoms with Crippen molar-refractivity contribution in [2.75, 3.05) is 38.2 Å². The Morgan fingerprint density at radius 3 is 2.81 bits per heavy atom. The molecule has 9 heteroatoms. The summed E-state index contributed by atoms with van der Waals surface area (Å²) in [6.07, 6.45) is 3.83. The largest absolute Gasteiger partial charge is 0.396 e. The molecule has 0 bridgehead atoms. The zero-order valence-electron chi connectivity index (χ0n) is 14.7. The number of benzene rings is 1. The minimum atomic E-state index is -0.444. The van der Waals surface area contributed by atoms with E-state index >= 15 is 0 Å². The molecule has 0 saturated carbocycles. The number of anilines is 1. The van der Waals surface area contributed by atoms with Crippen molar-refractivity contribution in [3.8, 4) is 0 Å². The van der Waals surface area contributed by atoms with Gasteiger partial charge in [0.15, 0.2) is 0 Å². The van der Waals surface area contributed by atoms with Crippen molar-refractivity contribution >= 4 is 22.3 Å². The third-order valence-electron chi connectivity index (χ3n) is 5.03. The molecule has 9 nitrogen and oxygen atoms in total. The van der Waals surface area contributed by atoms with Crippen LogP contribution in [0.2, 0.25) is 0 Å². The van der Waals surface area contributed by atoms with Gasteiger partial charge in [-0.05, 0) is 32.4 Å². The van der Waals surface area contributed by atoms with Gasteiger partial charge in [0.2, 0.25) is 0 Å². The molecule has 140 valence electrons. The molecular weight excluding hydrogens is 338 g/mol. The van der Waals surface area contributed by atoms with Gasteiger partial charge in [-0.25, -0.2) is 4.98 Å². The maximum absolute atomic E-state index is 11.9. The Morgan fingerprint density at radius 1 is 1.42 bits per heavy atom. The number of rotatable bonds is 6. The van der Waals surface area contributed by atoms with E-state index in [-0.39, 0.29) is 23.2 Å². The van der Waals surface area contributed by atoms with E-state index in [0.29, 0.717) is 30.3 Å². The fraction of sp³-hybridized carbons (Fsp3) is 0.529. The highest BCUT2D eigenvalue weighted by atomic mass is 16.6. The highest BCUT2D eigenvalue weighted by Crippen LogP contribution is 2.33. The van der Waals surface area contributed by atoms with Gasteiger partial charge in [-0.1, -0.05) is 0 Å². The summed E-state index contributed by atoms with van der Waals surface area (Å²) < 4.78 is 0. The SMILES string of the molecule is CN(CCCO)C1CCN(c2cc3nc[nH]c(=O)c3cc2[N+](=O)[O-])CC1. The number of aromatic nitrogens is 2. The van der Waals surface area contributed by atoms with E-state index in [1.54, 1.807) is 6.07 Å². The summed E-state index contributed by atoms with van der Waals surface area (Å²) in [6.45, 7) is 2.41. The lowest BCUT2D eigenvalue weighted by molar-refractivity contribution is -0.384. The molecule has 1 aromatic heterocycles. The molecule has 1 aromatic carbocycles. The van der Waals surface area contributed by atoms with E-state index in [2.05, 4.69) is 14.9 Å². The number of H-pyrrole nitrogens is 1. The summed E-state index contributed by atoms with van der Waals surface area (Å²) in [7, 11) is 2.05. The van der Waals surface area contributed by atoms with Crippen LogP contribution in [-0.2, 0) is 0 Å². The lowest BCUT2D eigenvalue weighted by atomic mass is 10.0. The van der Waals surface area contributed by atoms with Crippen molar-refractivity contribution in [3.63, 3.8) is 0 Å². The van der Waals surface area contributed by atoms with E-state index in [4.69, 9.17) is 5.11 Å². The van der Waals surface area contributed by atoms with Crippen molar-refractivity contribution in [1.29, 1.82) is 0 Å². The zero-order chi connectivity index (χ0) is 18.7. The van der Waals surface area contributed by atoms with E-state index in [9.17, 15) is 14.9 Å². The molecule has 0 radical (unpaired) electrons. The molecule has 26 heavy (non-hydrogen) atoms. The number of nitrogens with zero attached hydrogens (tertiary/aromatic N) is 4. The molecule has 0 amide bonds. The van der Waals surface area contributed by atoms with Gasteiger partial charge in [0.25, 0.3) is 11.2 Å². The lowest BCUT2D eigenvalue weighted by Gasteiger charge is -2.37. The average molecular weight is 361 g/mol. The normalized spacial score (nSPS) is 15.7. The molecule has 1 saturated heterocycles. The Kier molecular flexibility index (Phi) is 5.48. The number of hydrogen-bond donors (Lipinski definition) is 2. The summed E-state index contributed by atoms with van der Waals surface area (Å²) in [5.41, 5.74) is 0.519. The Balaban J connectivity index is 1.83. The predicted octanol–water partition coefficient (Wildman–Crippen LogP) is 1.11. The van der Waals surface area contributed by atoms with Crippen molar-refractivity contribution in [2.24, 2.45) is 0 Å². The monoisotopic (exact) mass is 361 g/mol. The number of aliphatic hydroxyl groups is 1. The number of aliphatic hydroxyl groups excluding tert-OH is 1. The highest BCUT2D eigenvalue weighted by molar-refractivity contribution is 5.87. The Bertz CT molecular complexity index is 845. The second-order valence-electron chi connectivity index (χ2n) is 6.62. The summed E-state index contributed by atoms with van der Waals surface area (Å²) in [5, 5.41) is 20.7. The molecule has 1 fully saturated rings. The molecule has 0 atom stereocenters. The van der Waals surface area contributed by atoms with Crippen LogP contribution in [0.25, 0.3) is 10.9 Å². The first-order valence-corrected chi connectivity index (χ1v) is 8.73. The van der Waals surface area contributed by atoms with Crippen LogP contribution in [-0.4, -0.2) is 64.2 Å². The van der Waals surface area contributed by atoms with Gasteiger partial charge in [-0.15, -0.1) is 0 Å². The standard InChI is InChI=1S/C17H23N5O4/c1-20(5-2-8-23)12-3-6-21(7-4-12)15-10-14-13(9-16(15)22(25)26)17(24)19-11-18-14/h9-12,23H,2-8H2,1H3,(H,18,19,24). The first-order valence-electron chi connectivity index (χ1n) is 8.73. The predicted molar refractivity (Wildman–Crippen MR) is 98.6 cm³/mol. The number of nitrogens with one attached hydrogen (secondary N) is 1. The minimum absolute atomic E-state index is 0.0666. The second kappa shape index (κ2) is 7.79. The number of hydrogen-bond acceptors (Lipinski definition) is 7. The van der Waals surface area contributed by atoms with E-state index in [1.807, 2.05) is 11.9 Å². The number of nitro benzene ring substituents is 1. The number of aromatic amines is 1. The average Bonchev–Trinajstić information content (AvgIpc) is 2.65. The van der Waals surface area contributed by atoms with Gasteiger partial charge in [0.05, 0.1) is 22.2 Å². The number of fused-ring (bicyclic) bond motifs is 1. The smallest absolute Gasteiger partial charge is 0.293 e. The molecule has 2 aromatic rings. The molecule has 3 rings (SSSR count). The van der Waals surface area contributed by atoms with Gasteiger partial charge in [0.1, 0.15) is 5.69 Å². The van der Waals surface area contributed by atoms with Gasteiger partial charge in [0, 0.05) is 38.3 Å². The van der Waals surface area contributed by atoms with Crippen LogP contribution in [0, 0.1) is 10.1 Å².